The minimum atomic E-state index is -0.514. The maximum atomic E-state index is 11.1. The second kappa shape index (κ2) is 5.60. The molecule has 1 aromatic rings. The van der Waals surface area contributed by atoms with Crippen LogP contribution >= 0.6 is 0 Å². The van der Waals surface area contributed by atoms with Crippen molar-refractivity contribution < 1.29 is 19.2 Å². The van der Waals surface area contributed by atoms with E-state index in [1.807, 2.05) is 0 Å². The lowest BCUT2D eigenvalue weighted by molar-refractivity contribution is -0.386. The molecule has 102 valence electrons. The summed E-state index contributed by atoms with van der Waals surface area (Å²) in [5.74, 6) is 0.0516. The third kappa shape index (κ3) is 2.78. The minimum absolute atomic E-state index is 0.0882. The van der Waals surface area contributed by atoms with Crippen LogP contribution in [-0.4, -0.2) is 23.6 Å². The first-order valence-electron chi connectivity index (χ1n) is 5.66. The Bertz CT molecular complexity index is 563. The van der Waals surface area contributed by atoms with Crippen molar-refractivity contribution in [2.24, 2.45) is 0 Å². The van der Waals surface area contributed by atoms with Crippen molar-refractivity contribution in [3.05, 3.63) is 32.4 Å². The van der Waals surface area contributed by atoms with E-state index in [0.717, 1.165) is 0 Å². The molecule has 0 aliphatic heterocycles. The van der Waals surface area contributed by atoms with E-state index < -0.39 is 4.92 Å². The molecule has 19 heavy (non-hydrogen) atoms. The van der Waals surface area contributed by atoms with Crippen LogP contribution in [0.5, 0.6) is 5.75 Å². The molecule has 0 aliphatic rings. The molecule has 0 radical (unpaired) electrons. The van der Waals surface area contributed by atoms with Crippen LogP contribution in [0.4, 0.5) is 5.69 Å². The van der Waals surface area contributed by atoms with Crippen molar-refractivity contribution in [2.45, 2.75) is 27.7 Å². The lowest BCUT2D eigenvalue weighted by Crippen LogP contribution is -2.11. The van der Waals surface area contributed by atoms with Gasteiger partial charge >= 0.3 is 0 Å². The van der Waals surface area contributed by atoms with Gasteiger partial charge in [0.05, 0.1) is 10.5 Å². The van der Waals surface area contributed by atoms with Crippen LogP contribution in [-0.2, 0) is 4.79 Å². The molecule has 0 atom stereocenters. The minimum Gasteiger partial charge on any atom is -0.485 e. The summed E-state index contributed by atoms with van der Waals surface area (Å²) in [6.07, 6.45) is 0.518. The second-order valence-electron chi connectivity index (χ2n) is 4.33. The van der Waals surface area contributed by atoms with E-state index in [0.29, 0.717) is 17.4 Å². The van der Waals surface area contributed by atoms with Crippen molar-refractivity contribution in [3.8, 4) is 5.75 Å². The number of ketones is 1. The van der Waals surface area contributed by atoms with E-state index in [1.54, 1.807) is 13.8 Å². The van der Waals surface area contributed by atoms with Gasteiger partial charge in [-0.05, 0) is 27.7 Å². The molecular formula is C13H15NO5. The van der Waals surface area contributed by atoms with Crippen molar-refractivity contribution in [1.29, 1.82) is 0 Å². The molecule has 0 heterocycles. The van der Waals surface area contributed by atoms with Crippen LogP contribution in [0.1, 0.15) is 34.0 Å². The summed E-state index contributed by atoms with van der Waals surface area (Å²) in [5.41, 5.74) is 1.22. The first-order chi connectivity index (χ1) is 8.81. The fourth-order valence-electron chi connectivity index (χ4n) is 1.90. The average molecular weight is 265 g/mol. The van der Waals surface area contributed by atoms with E-state index in [-0.39, 0.29) is 35.0 Å². The van der Waals surface area contributed by atoms with Gasteiger partial charge in [-0.2, -0.15) is 0 Å². The van der Waals surface area contributed by atoms with Crippen LogP contribution in [0.2, 0.25) is 0 Å². The number of nitro groups is 1. The van der Waals surface area contributed by atoms with Crippen molar-refractivity contribution in [1.82, 2.24) is 0 Å². The van der Waals surface area contributed by atoms with Gasteiger partial charge in [0.15, 0.2) is 12.1 Å². The molecule has 0 spiro atoms. The van der Waals surface area contributed by atoms with Gasteiger partial charge in [-0.1, -0.05) is 0 Å². The highest BCUT2D eigenvalue weighted by atomic mass is 16.6. The molecule has 0 amide bonds. The van der Waals surface area contributed by atoms with Gasteiger partial charge in [0.25, 0.3) is 5.69 Å². The Morgan fingerprint density at radius 2 is 1.84 bits per heavy atom. The molecule has 0 aliphatic carbocycles. The number of carbonyl (C=O) groups excluding carboxylic acids is 2. The highest BCUT2D eigenvalue weighted by Gasteiger charge is 2.25. The average Bonchev–Trinajstić information content (AvgIpc) is 2.31. The lowest BCUT2D eigenvalue weighted by Gasteiger charge is -2.15. The van der Waals surface area contributed by atoms with E-state index in [1.165, 1.54) is 13.8 Å². The molecule has 0 fully saturated rings. The van der Waals surface area contributed by atoms with Crippen molar-refractivity contribution in [3.63, 3.8) is 0 Å². The topological polar surface area (TPSA) is 86.5 Å². The molecular weight excluding hydrogens is 250 g/mol. The largest absolute Gasteiger partial charge is 0.485 e. The Morgan fingerprint density at radius 1 is 1.26 bits per heavy atom. The van der Waals surface area contributed by atoms with Crippen LogP contribution in [0.25, 0.3) is 0 Å². The highest BCUT2D eigenvalue weighted by Crippen LogP contribution is 2.36. The Morgan fingerprint density at radius 3 is 2.26 bits per heavy atom. The summed E-state index contributed by atoms with van der Waals surface area (Å²) in [7, 11) is 0. The molecule has 0 saturated carbocycles. The quantitative estimate of drug-likeness (QED) is 0.463. The van der Waals surface area contributed by atoms with Crippen LogP contribution < -0.4 is 4.74 Å². The third-order valence-electron chi connectivity index (χ3n) is 2.98. The Labute approximate surface area is 110 Å². The molecule has 6 heteroatoms. The van der Waals surface area contributed by atoms with Gasteiger partial charge in [-0.15, -0.1) is 0 Å². The number of Topliss-reactive ketones (excluding diaryl/α,β-unsaturated/α-hetero) is 1. The predicted octanol–water partition coefficient (Wildman–Crippen LogP) is 2.30. The number of nitrogens with zero attached hydrogens (tertiary/aromatic N) is 1. The number of ether oxygens (including phenoxy) is 1. The first kappa shape index (κ1) is 14.8. The van der Waals surface area contributed by atoms with E-state index in [2.05, 4.69) is 0 Å². The predicted molar refractivity (Wildman–Crippen MR) is 68.9 cm³/mol. The molecule has 0 bridgehead atoms. The lowest BCUT2D eigenvalue weighted by atomic mass is 9.97. The Kier molecular flexibility index (Phi) is 4.37. The fraction of sp³-hybridized carbons (Fsp3) is 0.385. The van der Waals surface area contributed by atoms with Crippen molar-refractivity contribution in [2.75, 3.05) is 6.61 Å². The third-order valence-corrected chi connectivity index (χ3v) is 2.98. The summed E-state index contributed by atoms with van der Waals surface area (Å²) in [5, 5.41) is 11.0. The van der Waals surface area contributed by atoms with Crippen LogP contribution in [0.15, 0.2) is 0 Å². The standard InChI is InChI=1S/C13H15NO5/c1-7(16)6-19-13-9(3)8(2)12(14(17)18)10(4)11(13)5-15/h5H,6H2,1-4H3. The summed E-state index contributed by atoms with van der Waals surface area (Å²) in [6.45, 7) is 5.91. The summed E-state index contributed by atoms with van der Waals surface area (Å²) in [6, 6.07) is 0. The number of hydrogen-bond donors (Lipinski definition) is 0. The number of hydrogen-bond acceptors (Lipinski definition) is 5. The summed E-state index contributed by atoms with van der Waals surface area (Å²) in [4.78, 5) is 32.6. The maximum Gasteiger partial charge on any atom is 0.276 e. The molecule has 1 aromatic carbocycles. The molecule has 6 nitrogen and oxygen atoms in total. The van der Waals surface area contributed by atoms with Crippen molar-refractivity contribution >= 4 is 17.8 Å². The fourth-order valence-corrected chi connectivity index (χ4v) is 1.90. The molecule has 1 rings (SSSR count). The van der Waals surface area contributed by atoms with Gasteiger partial charge < -0.3 is 4.74 Å². The van der Waals surface area contributed by atoms with Gasteiger partial charge in [0.2, 0.25) is 0 Å². The van der Waals surface area contributed by atoms with Gasteiger partial charge in [-0.25, -0.2) is 0 Å². The number of aldehydes is 1. The molecule has 0 aromatic heterocycles. The van der Waals surface area contributed by atoms with E-state index >= 15 is 0 Å². The number of carbonyl (C=O) groups is 2. The molecule has 0 unspecified atom stereocenters. The highest BCUT2D eigenvalue weighted by molar-refractivity contribution is 5.86. The number of rotatable bonds is 5. The monoisotopic (exact) mass is 265 g/mol. The normalized spacial score (nSPS) is 10.1. The Balaban J connectivity index is 3.52. The van der Waals surface area contributed by atoms with Gasteiger partial charge in [0.1, 0.15) is 12.4 Å². The van der Waals surface area contributed by atoms with Gasteiger partial charge in [0, 0.05) is 16.7 Å². The van der Waals surface area contributed by atoms with E-state index in [4.69, 9.17) is 4.74 Å². The molecule has 0 saturated heterocycles. The summed E-state index contributed by atoms with van der Waals surface area (Å²) < 4.78 is 5.31. The van der Waals surface area contributed by atoms with Crippen LogP contribution in [0.3, 0.4) is 0 Å². The number of nitro benzene ring substituents is 1. The zero-order valence-electron chi connectivity index (χ0n) is 11.3. The first-order valence-corrected chi connectivity index (χ1v) is 5.66. The second-order valence-corrected chi connectivity index (χ2v) is 4.33. The smallest absolute Gasteiger partial charge is 0.276 e. The zero-order chi connectivity index (χ0) is 14.7. The SMILES string of the molecule is CC(=O)COc1c(C)c(C)c([N+](=O)[O-])c(C)c1C=O. The maximum absolute atomic E-state index is 11.1. The zero-order valence-corrected chi connectivity index (χ0v) is 11.3. The summed E-state index contributed by atoms with van der Waals surface area (Å²) >= 11 is 0. The van der Waals surface area contributed by atoms with Gasteiger partial charge in [-0.3, -0.25) is 19.7 Å². The molecule has 0 N–H and O–H groups in total. The number of benzene rings is 1. The van der Waals surface area contributed by atoms with E-state index in [9.17, 15) is 19.7 Å². The Hall–Kier alpha value is -2.24. The van der Waals surface area contributed by atoms with Crippen LogP contribution in [0, 0.1) is 30.9 Å².